The number of fused-ring (bicyclic) bond motifs is 1. The molecule has 1 aromatic heterocycles. The molecule has 150 valence electrons. The molecule has 2 aromatic rings. The maximum absolute atomic E-state index is 12.9. The summed E-state index contributed by atoms with van der Waals surface area (Å²) < 4.78 is 7.36. The average Bonchev–Trinajstić information content (AvgIpc) is 3.10. The number of hydrogen-bond donors (Lipinski definition) is 1. The molecule has 2 unspecified atom stereocenters. The van der Waals surface area contributed by atoms with Gasteiger partial charge in [-0.05, 0) is 38.8 Å². The van der Waals surface area contributed by atoms with Crippen LogP contribution in [0.4, 0.5) is 4.79 Å². The Morgan fingerprint density at radius 1 is 1.07 bits per heavy atom. The van der Waals surface area contributed by atoms with E-state index in [-0.39, 0.29) is 30.1 Å². The molecule has 2 aliphatic heterocycles. The maximum atomic E-state index is 12.9. The second kappa shape index (κ2) is 7.79. The molecule has 8 heteroatoms. The molecule has 0 saturated carbocycles. The van der Waals surface area contributed by atoms with Crippen molar-refractivity contribution in [3.8, 4) is 0 Å². The summed E-state index contributed by atoms with van der Waals surface area (Å²) in [7, 11) is 0. The number of likely N-dealkylation sites (tertiary alicyclic amines) is 1. The van der Waals surface area contributed by atoms with Crippen LogP contribution >= 0.6 is 0 Å². The third-order valence-electron chi connectivity index (χ3n) is 5.53. The normalized spacial score (nSPS) is 23.8. The number of amides is 3. The first-order valence-electron chi connectivity index (χ1n) is 9.93. The van der Waals surface area contributed by atoms with Crippen LogP contribution in [0.1, 0.15) is 26.7 Å². The lowest BCUT2D eigenvalue weighted by molar-refractivity contribution is -0.148. The Balaban J connectivity index is 1.32. The lowest BCUT2D eigenvalue weighted by atomic mass is 9.95. The molecule has 2 saturated heterocycles. The molecule has 0 aliphatic carbocycles. The molecule has 28 heavy (non-hydrogen) atoms. The molecule has 2 atom stereocenters. The smallest absolute Gasteiger partial charge is 0.336 e. The highest BCUT2D eigenvalue weighted by molar-refractivity contribution is 5.85. The first-order chi connectivity index (χ1) is 13.5. The van der Waals surface area contributed by atoms with Crippen LogP contribution < -0.4 is 5.43 Å². The van der Waals surface area contributed by atoms with Crippen molar-refractivity contribution in [2.45, 2.75) is 38.9 Å². The highest BCUT2D eigenvalue weighted by atomic mass is 16.5. The van der Waals surface area contributed by atoms with E-state index in [0.29, 0.717) is 39.0 Å². The summed E-state index contributed by atoms with van der Waals surface area (Å²) in [6.45, 7) is 6.45. The SMILES string of the molecule is CC1CN(C(=O)C2CCN(C(=O)Nn3cnc4ccccc43)CC2)CC(C)O1. The number of nitrogens with zero attached hydrogens (tertiary/aromatic N) is 4. The van der Waals surface area contributed by atoms with Crippen molar-refractivity contribution in [2.24, 2.45) is 5.92 Å². The van der Waals surface area contributed by atoms with Gasteiger partial charge in [0.05, 0.1) is 23.2 Å². The Hall–Kier alpha value is -2.61. The van der Waals surface area contributed by atoms with Crippen molar-refractivity contribution >= 4 is 23.0 Å². The second-order valence-electron chi connectivity index (χ2n) is 7.78. The van der Waals surface area contributed by atoms with Gasteiger partial charge in [-0.1, -0.05) is 12.1 Å². The molecule has 0 bridgehead atoms. The van der Waals surface area contributed by atoms with E-state index in [2.05, 4.69) is 10.4 Å². The predicted molar refractivity (Wildman–Crippen MR) is 105 cm³/mol. The predicted octanol–water partition coefficient (Wildman–Crippen LogP) is 2.05. The van der Waals surface area contributed by atoms with E-state index >= 15 is 0 Å². The van der Waals surface area contributed by atoms with Gasteiger partial charge in [-0.25, -0.2) is 19.9 Å². The van der Waals surface area contributed by atoms with Gasteiger partial charge in [-0.2, -0.15) is 0 Å². The van der Waals surface area contributed by atoms with E-state index in [9.17, 15) is 9.59 Å². The minimum absolute atomic E-state index is 0.0179. The Morgan fingerprint density at radius 2 is 1.75 bits per heavy atom. The number of hydrogen-bond acceptors (Lipinski definition) is 4. The van der Waals surface area contributed by atoms with Gasteiger partial charge in [0.25, 0.3) is 0 Å². The van der Waals surface area contributed by atoms with Crippen LogP contribution in [0.2, 0.25) is 0 Å². The van der Waals surface area contributed by atoms with E-state index in [1.165, 1.54) is 0 Å². The third kappa shape index (κ3) is 3.82. The first kappa shape index (κ1) is 18.7. The van der Waals surface area contributed by atoms with Gasteiger partial charge in [0.2, 0.25) is 5.91 Å². The van der Waals surface area contributed by atoms with Crippen LogP contribution in [0, 0.1) is 5.92 Å². The number of ether oxygens (including phenoxy) is 1. The third-order valence-corrected chi connectivity index (χ3v) is 5.53. The molecule has 8 nitrogen and oxygen atoms in total. The van der Waals surface area contributed by atoms with E-state index in [0.717, 1.165) is 11.0 Å². The molecule has 2 fully saturated rings. The van der Waals surface area contributed by atoms with Crippen molar-refractivity contribution in [2.75, 3.05) is 31.6 Å². The molecule has 0 radical (unpaired) electrons. The summed E-state index contributed by atoms with van der Waals surface area (Å²) in [5, 5.41) is 0. The first-order valence-corrected chi connectivity index (χ1v) is 9.93. The largest absolute Gasteiger partial charge is 0.372 e. The van der Waals surface area contributed by atoms with Crippen molar-refractivity contribution < 1.29 is 14.3 Å². The topological polar surface area (TPSA) is 79.7 Å². The van der Waals surface area contributed by atoms with Gasteiger partial charge in [0.15, 0.2) is 0 Å². The minimum Gasteiger partial charge on any atom is -0.372 e. The van der Waals surface area contributed by atoms with Crippen molar-refractivity contribution in [3.05, 3.63) is 30.6 Å². The zero-order chi connectivity index (χ0) is 19.7. The number of benzene rings is 1. The lowest BCUT2D eigenvalue weighted by Crippen LogP contribution is -2.52. The summed E-state index contributed by atoms with van der Waals surface area (Å²) in [5.74, 6) is 0.179. The van der Waals surface area contributed by atoms with Crippen LogP contribution in [0.25, 0.3) is 11.0 Å². The van der Waals surface area contributed by atoms with E-state index in [4.69, 9.17) is 4.74 Å². The fraction of sp³-hybridized carbons (Fsp3) is 0.550. The summed E-state index contributed by atoms with van der Waals surface area (Å²) in [4.78, 5) is 33.5. The summed E-state index contributed by atoms with van der Waals surface area (Å²) >= 11 is 0. The summed E-state index contributed by atoms with van der Waals surface area (Å²) in [5.41, 5.74) is 4.58. The molecule has 3 amide bonds. The highest BCUT2D eigenvalue weighted by Gasteiger charge is 2.33. The Labute approximate surface area is 164 Å². The number of rotatable bonds is 2. The van der Waals surface area contributed by atoms with Gasteiger partial charge in [0, 0.05) is 32.1 Å². The van der Waals surface area contributed by atoms with Gasteiger partial charge in [-0.3, -0.25) is 4.79 Å². The number of para-hydroxylation sites is 2. The number of piperidine rings is 1. The van der Waals surface area contributed by atoms with E-state index < -0.39 is 0 Å². The summed E-state index contributed by atoms with van der Waals surface area (Å²) in [6, 6.07) is 7.49. The van der Waals surface area contributed by atoms with E-state index in [1.807, 2.05) is 43.0 Å². The number of urea groups is 1. The van der Waals surface area contributed by atoms with Crippen molar-refractivity contribution in [1.29, 1.82) is 0 Å². The van der Waals surface area contributed by atoms with Crippen LogP contribution in [-0.4, -0.2) is 69.8 Å². The molecular formula is C20H27N5O3. The zero-order valence-electron chi connectivity index (χ0n) is 16.4. The molecule has 0 spiro atoms. The van der Waals surface area contributed by atoms with Crippen LogP contribution in [0.5, 0.6) is 0 Å². The Bertz CT molecular complexity index is 848. The molecule has 2 aliphatic rings. The molecule has 1 aromatic carbocycles. The number of nitrogens with one attached hydrogen (secondary N) is 1. The number of carbonyl (C=O) groups excluding carboxylic acids is 2. The monoisotopic (exact) mass is 385 g/mol. The quantitative estimate of drug-likeness (QED) is 0.858. The van der Waals surface area contributed by atoms with Crippen LogP contribution in [-0.2, 0) is 9.53 Å². The number of imidazole rings is 1. The summed E-state index contributed by atoms with van der Waals surface area (Å²) in [6.07, 6.45) is 3.14. The Morgan fingerprint density at radius 3 is 2.46 bits per heavy atom. The number of carbonyl (C=O) groups is 2. The van der Waals surface area contributed by atoms with Gasteiger partial charge < -0.3 is 14.5 Å². The fourth-order valence-corrected chi connectivity index (χ4v) is 4.17. The van der Waals surface area contributed by atoms with Gasteiger partial charge in [-0.15, -0.1) is 0 Å². The number of morpholine rings is 1. The average molecular weight is 385 g/mol. The minimum atomic E-state index is -0.164. The second-order valence-corrected chi connectivity index (χ2v) is 7.78. The molecule has 3 heterocycles. The highest BCUT2D eigenvalue weighted by Crippen LogP contribution is 2.22. The molecule has 1 N–H and O–H groups in total. The van der Waals surface area contributed by atoms with Gasteiger partial charge >= 0.3 is 6.03 Å². The standard InChI is InChI=1S/C20H27N5O3/c1-14-11-24(12-15(2)28-14)19(26)16-7-9-23(10-8-16)20(27)22-25-13-21-17-5-3-4-6-18(17)25/h3-6,13-16H,7-12H2,1-2H3,(H,22,27). The lowest BCUT2D eigenvalue weighted by Gasteiger charge is -2.39. The number of aromatic nitrogens is 2. The zero-order valence-corrected chi connectivity index (χ0v) is 16.4. The van der Waals surface area contributed by atoms with Crippen molar-refractivity contribution in [3.63, 3.8) is 0 Å². The van der Waals surface area contributed by atoms with Gasteiger partial charge in [0.1, 0.15) is 6.33 Å². The molecular weight excluding hydrogens is 358 g/mol. The maximum Gasteiger partial charge on any atom is 0.336 e. The molecule has 4 rings (SSSR count). The van der Waals surface area contributed by atoms with Crippen LogP contribution in [0.3, 0.4) is 0 Å². The van der Waals surface area contributed by atoms with Crippen molar-refractivity contribution in [1.82, 2.24) is 19.5 Å². The Kier molecular flexibility index (Phi) is 5.21. The fourth-order valence-electron chi connectivity index (χ4n) is 4.17. The van der Waals surface area contributed by atoms with Crippen LogP contribution in [0.15, 0.2) is 30.6 Å². The van der Waals surface area contributed by atoms with E-state index in [1.54, 1.807) is 15.9 Å².